The molecule has 0 spiro atoms. The van der Waals surface area contributed by atoms with Crippen LogP contribution in [0.2, 0.25) is 5.02 Å². The first kappa shape index (κ1) is 17.4. The lowest BCUT2D eigenvalue weighted by molar-refractivity contribution is -0.118. The highest BCUT2D eigenvalue weighted by molar-refractivity contribution is 7.99. The second-order valence-electron chi connectivity index (χ2n) is 4.87. The van der Waals surface area contributed by atoms with Crippen LogP contribution < -0.4 is 5.43 Å². The number of hydrogen-bond donors (Lipinski definition) is 2. The number of para-hydroxylation sites is 1. The Morgan fingerprint density at radius 1 is 1.22 bits per heavy atom. The molecule has 2 rings (SSSR count). The van der Waals surface area contributed by atoms with Crippen LogP contribution >= 0.6 is 23.4 Å². The van der Waals surface area contributed by atoms with Gasteiger partial charge in [-0.05, 0) is 36.8 Å². The van der Waals surface area contributed by atoms with Crippen LogP contribution in [0.25, 0.3) is 0 Å². The Morgan fingerprint density at radius 3 is 2.61 bits per heavy atom. The van der Waals surface area contributed by atoms with Crippen molar-refractivity contribution in [1.29, 1.82) is 0 Å². The molecule has 23 heavy (non-hydrogen) atoms. The van der Waals surface area contributed by atoms with Crippen LogP contribution in [0.4, 0.5) is 0 Å². The van der Waals surface area contributed by atoms with E-state index < -0.39 is 0 Å². The summed E-state index contributed by atoms with van der Waals surface area (Å²) < 4.78 is 0. The van der Waals surface area contributed by atoms with Crippen LogP contribution in [-0.2, 0) is 10.5 Å². The van der Waals surface area contributed by atoms with Gasteiger partial charge in [-0.3, -0.25) is 4.79 Å². The molecule has 0 saturated carbocycles. The zero-order valence-corrected chi connectivity index (χ0v) is 14.2. The molecule has 0 saturated heterocycles. The van der Waals surface area contributed by atoms with E-state index in [0.717, 1.165) is 11.3 Å². The molecule has 2 aromatic rings. The van der Waals surface area contributed by atoms with Gasteiger partial charge in [0, 0.05) is 16.3 Å². The summed E-state index contributed by atoms with van der Waals surface area (Å²) in [5, 5.41) is 14.4. The van der Waals surface area contributed by atoms with Crippen molar-refractivity contribution in [2.24, 2.45) is 5.10 Å². The minimum Gasteiger partial charge on any atom is -0.507 e. The van der Waals surface area contributed by atoms with Gasteiger partial charge in [-0.15, -0.1) is 11.8 Å². The first-order valence-corrected chi connectivity index (χ1v) is 8.53. The maximum Gasteiger partial charge on any atom is 0.250 e. The summed E-state index contributed by atoms with van der Waals surface area (Å²) in [6.07, 6.45) is 0. The standard InChI is InChI=1S/C17H17ClN2O2S/c1-12(15-4-2-3-5-16(15)21)19-20-17(22)11-23-10-13-6-8-14(18)9-7-13/h2-9,21H,10-11H2,1H3,(H,20,22)/b19-12-. The van der Waals surface area contributed by atoms with Gasteiger partial charge in [0.2, 0.25) is 5.91 Å². The number of halogens is 1. The lowest BCUT2D eigenvalue weighted by Crippen LogP contribution is -2.21. The number of carbonyl (C=O) groups excluding carboxylic acids is 1. The fourth-order valence-corrected chi connectivity index (χ4v) is 2.77. The van der Waals surface area contributed by atoms with Gasteiger partial charge in [0.15, 0.2) is 0 Å². The number of nitrogens with one attached hydrogen (secondary N) is 1. The Bertz CT molecular complexity index is 702. The number of phenolic OH excluding ortho intramolecular Hbond substituents is 1. The van der Waals surface area contributed by atoms with E-state index in [4.69, 9.17) is 11.6 Å². The van der Waals surface area contributed by atoms with Crippen molar-refractivity contribution in [3.05, 3.63) is 64.7 Å². The molecule has 0 unspecified atom stereocenters. The van der Waals surface area contributed by atoms with E-state index in [-0.39, 0.29) is 11.7 Å². The number of phenols is 1. The van der Waals surface area contributed by atoms with Gasteiger partial charge < -0.3 is 5.11 Å². The van der Waals surface area contributed by atoms with Gasteiger partial charge in [0.25, 0.3) is 0 Å². The molecule has 0 aliphatic rings. The zero-order chi connectivity index (χ0) is 16.7. The van der Waals surface area contributed by atoms with Gasteiger partial charge in [0.1, 0.15) is 5.75 Å². The maximum absolute atomic E-state index is 11.8. The van der Waals surface area contributed by atoms with E-state index in [1.807, 2.05) is 24.3 Å². The molecule has 4 nitrogen and oxygen atoms in total. The molecule has 0 aromatic heterocycles. The second-order valence-corrected chi connectivity index (χ2v) is 6.29. The number of aromatic hydroxyl groups is 1. The summed E-state index contributed by atoms with van der Waals surface area (Å²) >= 11 is 7.32. The van der Waals surface area contributed by atoms with Crippen molar-refractivity contribution in [1.82, 2.24) is 5.43 Å². The first-order chi connectivity index (χ1) is 11.1. The van der Waals surface area contributed by atoms with Gasteiger partial charge in [-0.25, -0.2) is 5.43 Å². The number of thioether (sulfide) groups is 1. The third kappa shape index (κ3) is 5.62. The zero-order valence-electron chi connectivity index (χ0n) is 12.6. The molecule has 0 atom stereocenters. The minimum absolute atomic E-state index is 0.139. The fraction of sp³-hybridized carbons (Fsp3) is 0.176. The molecule has 6 heteroatoms. The molecule has 2 N–H and O–H groups in total. The van der Waals surface area contributed by atoms with Crippen molar-refractivity contribution in [3.63, 3.8) is 0 Å². The number of nitrogens with zero attached hydrogens (tertiary/aromatic N) is 1. The number of carbonyl (C=O) groups is 1. The van der Waals surface area contributed by atoms with E-state index in [2.05, 4.69) is 10.5 Å². The van der Waals surface area contributed by atoms with Crippen LogP contribution in [-0.4, -0.2) is 22.5 Å². The van der Waals surface area contributed by atoms with Gasteiger partial charge in [-0.2, -0.15) is 5.10 Å². The average Bonchev–Trinajstić information content (AvgIpc) is 2.55. The summed E-state index contributed by atoms with van der Waals surface area (Å²) in [6, 6.07) is 14.4. The van der Waals surface area contributed by atoms with Crippen LogP contribution in [0, 0.1) is 0 Å². The van der Waals surface area contributed by atoms with Crippen molar-refractivity contribution in [2.75, 3.05) is 5.75 Å². The predicted molar refractivity (Wildman–Crippen MR) is 96.1 cm³/mol. The minimum atomic E-state index is -0.182. The van der Waals surface area contributed by atoms with Crippen molar-refractivity contribution in [3.8, 4) is 5.75 Å². The van der Waals surface area contributed by atoms with Gasteiger partial charge in [-0.1, -0.05) is 35.9 Å². The number of rotatable bonds is 6. The van der Waals surface area contributed by atoms with Crippen LogP contribution in [0.15, 0.2) is 53.6 Å². The Labute approximate surface area is 144 Å². The van der Waals surface area contributed by atoms with Crippen molar-refractivity contribution >= 4 is 35.0 Å². The summed E-state index contributed by atoms with van der Waals surface area (Å²) in [6.45, 7) is 1.73. The van der Waals surface area contributed by atoms with Crippen LogP contribution in [0.3, 0.4) is 0 Å². The monoisotopic (exact) mass is 348 g/mol. The highest BCUT2D eigenvalue weighted by Crippen LogP contribution is 2.17. The first-order valence-electron chi connectivity index (χ1n) is 7.00. The van der Waals surface area contributed by atoms with E-state index in [9.17, 15) is 9.90 Å². The van der Waals surface area contributed by atoms with E-state index >= 15 is 0 Å². The molecular weight excluding hydrogens is 332 g/mol. The number of benzene rings is 2. The number of hydrazone groups is 1. The lowest BCUT2D eigenvalue weighted by atomic mass is 10.1. The largest absolute Gasteiger partial charge is 0.507 e. The normalized spacial score (nSPS) is 11.3. The third-order valence-electron chi connectivity index (χ3n) is 3.06. The van der Waals surface area contributed by atoms with E-state index in [0.29, 0.717) is 22.1 Å². The topological polar surface area (TPSA) is 61.7 Å². The summed E-state index contributed by atoms with van der Waals surface area (Å²) in [7, 11) is 0. The van der Waals surface area contributed by atoms with E-state index in [1.54, 1.807) is 31.2 Å². The maximum atomic E-state index is 11.8. The lowest BCUT2D eigenvalue weighted by Gasteiger charge is -2.05. The Kier molecular flexibility index (Phi) is 6.50. The molecule has 0 aliphatic carbocycles. The number of amides is 1. The fourth-order valence-electron chi connectivity index (χ4n) is 1.86. The van der Waals surface area contributed by atoms with E-state index in [1.165, 1.54) is 11.8 Å². The smallest absolute Gasteiger partial charge is 0.250 e. The van der Waals surface area contributed by atoms with Gasteiger partial charge >= 0.3 is 0 Å². The second kappa shape index (κ2) is 8.60. The third-order valence-corrected chi connectivity index (χ3v) is 4.31. The van der Waals surface area contributed by atoms with Crippen molar-refractivity contribution < 1.29 is 9.90 Å². The highest BCUT2D eigenvalue weighted by atomic mass is 35.5. The van der Waals surface area contributed by atoms with Crippen molar-refractivity contribution in [2.45, 2.75) is 12.7 Å². The molecule has 0 radical (unpaired) electrons. The molecule has 0 heterocycles. The summed E-state index contributed by atoms with van der Waals surface area (Å²) in [5.41, 5.74) is 4.77. The molecule has 0 aliphatic heterocycles. The molecule has 0 bridgehead atoms. The Hall–Kier alpha value is -1.98. The molecular formula is C17H17ClN2O2S. The Balaban J connectivity index is 1.79. The van der Waals surface area contributed by atoms with Crippen LogP contribution in [0.1, 0.15) is 18.1 Å². The molecule has 120 valence electrons. The summed E-state index contributed by atoms with van der Waals surface area (Å²) in [5.74, 6) is 0.992. The molecule has 0 fully saturated rings. The molecule has 1 amide bonds. The average molecular weight is 349 g/mol. The van der Waals surface area contributed by atoms with Crippen LogP contribution in [0.5, 0.6) is 5.75 Å². The van der Waals surface area contributed by atoms with Gasteiger partial charge in [0.05, 0.1) is 11.5 Å². The predicted octanol–water partition coefficient (Wildman–Crippen LogP) is 3.82. The Morgan fingerprint density at radius 2 is 1.91 bits per heavy atom. The highest BCUT2D eigenvalue weighted by Gasteiger charge is 2.05. The number of hydrogen-bond acceptors (Lipinski definition) is 4. The molecule has 2 aromatic carbocycles. The SMILES string of the molecule is C/C(=N/NC(=O)CSCc1ccc(Cl)cc1)c1ccccc1O. The summed E-state index contributed by atoms with van der Waals surface area (Å²) in [4.78, 5) is 11.8. The quantitative estimate of drug-likeness (QED) is 0.616.